The molecule has 4 heteroatoms. The zero-order valence-electron chi connectivity index (χ0n) is 15.2. The van der Waals surface area contributed by atoms with E-state index in [1.165, 1.54) is 35.2 Å². The molecule has 2 aromatic rings. The third-order valence-electron chi connectivity index (χ3n) is 4.98. The van der Waals surface area contributed by atoms with Crippen molar-refractivity contribution in [3.05, 3.63) is 51.0 Å². The molecule has 0 bridgehead atoms. The van der Waals surface area contributed by atoms with Crippen molar-refractivity contribution in [2.45, 2.75) is 59.2 Å². The molecular weight excluding hydrogens is 316 g/mol. The second kappa shape index (κ2) is 7.77. The quantitative estimate of drug-likeness (QED) is 0.720. The summed E-state index contributed by atoms with van der Waals surface area (Å²) in [6.45, 7) is 11.3. The molecule has 1 saturated heterocycles. The van der Waals surface area contributed by atoms with E-state index in [9.17, 15) is 0 Å². The molecule has 3 rings (SSSR count). The third kappa shape index (κ3) is 3.88. The highest BCUT2D eigenvalue weighted by molar-refractivity contribution is 7.09. The normalized spacial score (nSPS) is 19.8. The van der Waals surface area contributed by atoms with Crippen LogP contribution in [0.3, 0.4) is 0 Å². The van der Waals surface area contributed by atoms with Crippen LogP contribution in [0.25, 0.3) is 0 Å². The van der Waals surface area contributed by atoms with Crippen molar-refractivity contribution >= 4 is 11.3 Å². The second-order valence-electron chi connectivity index (χ2n) is 6.75. The molecular formula is C20H28N2OS. The van der Waals surface area contributed by atoms with Crippen LogP contribution >= 0.6 is 11.3 Å². The molecule has 24 heavy (non-hydrogen) atoms. The van der Waals surface area contributed by atoms with Crippen LogP contribution in [-0.2, 0) is 11.3 Å². The summed E-state index contributed by atoms with van der Waals surface area (Å²) in [5.41, 5.74) is 5.39. The van der Waals surface area contributed by atoms with Gasteiger partial charge >= 0.3 is 0 Å². The number of rotatable bonds is 6. The van der Waals surface area contributed by atoms with E-state index in [0.717, 1.165) is 24.7 Å². The Labute approximate surface area is 149 Å². The number of thiazole rings is 1. The highest BCUT2D eigenvalue weighted by Crippen LogP contribution is 2.34. The maximum absolute atomic E-state index is 5.66. The number of ether oxygens (including phenoxy) is 1. The van der Waals surface area contributed by atoms with Crippen LogP contribution < -0.4 is 0 Å². The highest BCUT2D eigenvalue weighted by atomic mass is 32.1. The lowest BCUT2D eigenvalue weighted by Gasteiger charge is -2.24. The van der Waals surface area contributed by atoms with Crippen molar-refractivity contribution in [3.63, 3.8) is 0 Å². The van der Waals surface area contributed by atoms with Gasteiger partial charge in [0.2, 0.25) is 0 Å². The number of nitrogens with zero attached hydrogens (tertiary/aromatic N) is 2. The van der Waals surface area contributed by atoms with Gasteiger partial charge in [-0.15, -0.1) is 11.3 Å². The highest BCUT2D eigenvalue weighted by Gasteiger charge is 2.27. The number of likely N-dealkylation sites (tertiary alicyclic amines) is 1. The zero-order valence-corrected chi connectivity index (χ0v) is 16.0. The Bertz CT molecular complexity index is 682. The van der Waals surface area contributed by atoms with Gasteiger partial charge in [0.1, 0.15) is 11.1 Å². The van der Waals surface area contributed by atoms with E-state index in [2.05, 4.69) is 49.3 Å². The van der Waals surface area contributed by atoms with E-state index in [4.69, 9.17) is 9.72 Å². The largest absolute Gasteiger partial charge is 0.372 e. The summed E-state index contributed by atoms with van der Waals surface area (Å²) in [6, 6.07) is 7.45. The van der Waals surface area contributed by atoms with Crippen LogP contribution in [0.4, 0.5) is 0 Å². The Morgan fingerprint density at radius 3 is 2.92 bits per heavy atom. The van der Waals surface area contributed by atoms with Gasteiger partial charge in [-0.2, -0.15) is 0 Å². The number of benzene rings is 1. The first-order valence-electron chi connectivity index (χ1n) is 8.95. The summed E-state index contributed by atoms with van der Waals surface area (Å²) in [5.74, 6) is 0. The van der Waals surface area contributed by atoms with Crippen molar-refractivity contribution < 1.29 is 4.74 Å². The molecule has 1 aliphatic heterocycles. The summed E-state index contributed by atoms with van der Waals surface area (Å²) in [4.78, 5) is 7.38. The molecule has 2 heterocycles. The van der Waals surface area contributed by atoms with Gasteiger partial charge in [0.15, 0.2) is 0 Å². The van der Waals surface area contributed by atoms with Crippen LogP contribution in [0.15, 0.2) is 23.6 Å². The van der Waals surface area contributed by atoms with Crippen molar-refractivity contribution in [2.75, 3.05) is 13.2 Å². The van der Waals surface area contributed by atoms with E-state index in [0.29, 0.717) is 6.04 Å². The monoisotopic (exact) mass is 344 g/mol. The number of hydrogen-bond acceptors (Lipinski definition) is 4. The fraction of sp³-hybridized carbons (Fsp3) is 0.550. The summed E-state index contributed by atoms with van der Waals surface area (Å²) in [6.07, 6.45) is 2.61. The minimum atomic E-state index is 0.0999. The maximum Gasteiger partial charge on any atom is 0.122 e. The molecule has 3 nitrogen and oxygen atoms in total. The van der Waals surface area contributed by atoms with E-state index < -0.39 is 0 Å². The van der Waals surface area contributed by atoms with Gasteiger partial charge in [0.25, 0.3) is 0 Å². The van der Waals surface area contributed by atoms with Gasteiger partial charge in [0.05, 0.1) is 5.69 Å². The predicted molar refractivity (Wildman–Crippen MR) is 100 cm³/mol. The molecule has 2 atom stereocenters. The van der Waals surface area contributed by atoms with E-state index in [1.54, 1.807) is 11.3 Å². The predicted octanol–water partition coefficient (Wildman–Crippen LogP) is 5.19. The second-order valence-corrected chi connectivity index (χ2v) is 7.64. The smallest absolute Gasteiger partial charge is 0.122 e. The van der Waals surface area contributed by atoms with Crippen molar-refractivity contribution in [3.8, 4) is 0 Å². The molecule has 1 fully saturated rings. The molecule has 1 aromatic carbocycles. The van der Waals surface area contributed by atoms with Crippen molar-refractivity contribution in [1.82, 2.24) is 9.88 Å². The first-order valence-corrected chi connectivity index (χ1v) is 9.83. The van der Waals surface area contributed by atoms with E-state index in [1.807, 2.05) is 6.92 Å². The van der Waals surface area contributed by atoms with Gasteiger partial charge < -0.3 is 4.74 Å². The molecule has 0 saturated carbocycles. The third-order valence-corrected chi connectivity index (χ3v) is 6.03. The molecule has 130 valence electrons. The first kappa shape index (κ1) is 17.6. The van der Waals surface area contributed by atoms with Crippen molar-refractivity contribution in [2.24, 2.45) is 0 Å². The molecule has 0 spiro atoms. The van der Waals surface area contributed by atoms with Crippen LogP contribution in [0.5, 0.6) is 0 Å². The standard InChI is InChI=1S/C20H28N2OS/c1-5-23-16(4)20-21-18(13-24-20)12-22-10-6-7-19(22)17-9-8-14(2)15(3)11-17/h8-9,11,13,16,19H,5-7,10,12H2,1-4H3/t16-,19-/m1/s1. The fourth-order valence-corrected chi connectivity index (χ4v) is 4.29. The summed E-state index contributed by atoms with van der Waals surface area (Å²) in [7, 11) is 0. The van der Waals surface area contributed by atoms with Crippen LogP contribution in [0.2, 0.25) is 0 Å². The summed E-state index contributed by atoms with van der Waals surface area (Å²) >= 11 is 1.72. The average molecular weight is 345 g/mol. The van der Waals surface area contributed by atoms with Crippen LogP contribution in [-0.4, -0.2) is 23.0 Å². The van der Waals surface area contributed by atoms with Crippen molar-refractivity contribution in [1.29, 1.82) is 0 Å². The Morgan fingerprint density at radius 1 is 1.33 bits per heavy atom. The summed E-state index contributed by atoms with van der Waals surface area (Å²) in [5, 5.41) is 3.29. The average Bonchev–Trinajstić information content (AvgIpc) is 3.20. The number of aryl methyl sites for hydroxylation is 2. The lowest BCUT2D eigenvalue weighted by atomic mass is 9.99. The summed E-state index contributed by atoms with van der Waals surface area (Å²) < 4.78 is 5.66. The number of aromatic nitrogens is 1. The van der Waals surface area contributed by atoms with Gasteiger partial charge in [-0.3, -0.25) is 4.90 Å². The Hall–Kier alpha value is -1.23. The first-order chi connectivity index (χ1) is 11.6. The fourth-order valence-electron chi connectivity index (χ4n) is 3.48. The zero-order chi connectivity index (χ0) is 17.1. The minimum Gasteiger partial charge on any atom is -0.372 e. The Kier molecular flexibility index (Phi) is 5.69. The molecule has 1 aliphatic rings. The Morgan fingerprint density at radius 2 is 2.17 bits per heavy atom. The van der Waals surface area contributed by atoms with E-state index >= 15 is 0 Å². The molecule has 0 radical (unpaired) electrons. The molecule has 0 unspecified atom stereocenters. The molecule has 0 N–H and O–H groups in total. The maximum atomic E-state index is 5.66. The van der Waals surface area contributed by atoms with Gasteiger partial charge in [-0.25, -0.2) is 4.98 Å². The van der Waals surface area contributed by atoms with Crippen LogP contribution in [0, 0.1) is 13.8 Å². The molecule has 0 amide bonds. The van der Waals surface area contributed by atoms with Gasteiger partial charge in [0, 0.05) is 24.6 Å². The molecule has 0 aliphatic carbocycles. The lowest BCUT2D eigenvalue weighted by Crippen LogP contribution is -2.23. The molecule has 1 aromatic heterocycles. The SMILES string of the molecule is CCO[C@H](C)c1nc(CN2CCC[C@@H]2c2ccc(C)c(C)c2)cs1. The Balaban J connectivity index is 1.71. The van der Waals surface area contributed by atoms with Gasteiger partial charge in [-0.05, 0) is 63.8 Å². The minimum absolute atomic E-state index is 0.0999. The van der Waals surface area contributed by atoms with Crippen LogP contribution in [0.1, 0.15) is 66.2 Å². The van der Waals surface area contributed by atoms with Gasteiger partial charge in [-0.1, -0.05) is 18.2 Å². The number of hydrogen-bond donors (Lipinski definition) is 0. The van der Waals surface area contributed by atoms with E-state index in [-0.39, 0.29) is 6.10 Å². The lowest BCUT2D eigenvalue weighted by molar-refractivity contribution is 0.0760. The topological polar surface area (TPSA) is 25.4 Å².